The van der Waals surface area contributed by atoms with E-state index in [1.807, 2.05) is 22.6 Å². The number of hydrogen-bond donors (Lipinski definition) is 0. The molecule has 2 nitrogen and oxygen atoms in total. The molecule has 1 aromatic heterocycles. The molecule has 7 heteroatoms. The number of aromatic nitrogens is 2. The maximum atomic E-state index is 11.8. The second-order valence-electron chi connectivity index (χ2n) is 2.08. The Kier molecular flexibility index (Phi) is 2.87. The van der Waals surface area contributed by atoms with E-state index >= 15 is 0 Å². The van der Waals surface area contributed by atoms with Gasteiger partial charge in [0.25, 0.3) is 0 Å². The van der Waals surface area contributed by atoms with E-state index in [9.17, 15) is 13.2 Å². The van der Waals surface area contributed by atoms with Crippen LogP contribution in [0.5, 0.6) is 0 Å². The molecule has 0 aliphatic heterocycles. The summed E-state index contributed by atoms with van der Waals surface area (Å²) in [6, 6.07) is 0. The molecule has 0 saturated heterocycles. The smallest absolute Gasteiger partial charge is 0.261 e. The Hall–Kier alpha value is 0.0200. The topological polar surface area (TPSA) is 17.8 Å². The highest BCUT2D eigenvalue weighted by molar-refractivity contribution is 14.1. The molecule has 0 fully saturated rings. The molecule has 0 bridgehead atoms. The van der Waals surface area contributed by atoms with Crippen LogP contribution in [0, 0.1) is 3.57 Å². The first-order chi connectivity index (χ1) is 5.38. The number of nitrogens with zero attached hydrogens (tertiary/aromatic N) is 2. The van der Waals surface area contributed by atoms with Crippen LogP contribution >= 0.6 is 34.2 Å². The molecule has 0 N–H and O–H groups in total. The molecule has 0 unspecified atom stereocenters. The first kappa shape index (κ1) is 10.1. The third kappa shape index (κ3) is 2.81. The van der Waals surface area contributed by atoms with E-state index in [0.717, 1.165) is 4.68 Å². The van der Waals surface area contributed by atoms with Gasteiger partial charge in [-0.1, -0.05) is 11.6 Å². The van der Waals surface area contributed by atoms with Crippen molar-refractivity contribution < 1.29 is 13.2 Å². The molecule has 0 aliphatic rings. The molecule has 0 atom stereocenters. The summed E-state index contributed by atoms with van der Waals surface area (Å²) in [6.45, 7) is -1.10. The van der Waals surface area contributed by atoms with Gasteiger partial charge in [-0.15, -0.1) is 0 Å². The summed E-state index contributed by atoms with van der Waals surface area (Å²) in [5.74, 6) is 0. The second-order valence-corrected chi connectivity index (χ2v) is 3.60. The fourth-order valence-corrected chi connectivity index (χ4v) is 1.21. The highest BCUT2D eigenvalue weighted by Crippen LogP contribution is 2.20. The maximum absolute atomic E-state index is 11.8. The van der Waals surface area contributed by atoms with Crippen LogP contribution in [-0.2, 0) is 6.54 Å². The van der Waals surface area contributed by atoms with Gasteiger partial charge < -0.3 is 0 Å². The minimum atomic E-state index is -4.25. The van der Waals surface area contributed by atoms with Crippen molar-refractivity contribution >= 4 is 34.2 Å². The Morgan fingerprint density at radius 2 is 2.17 bits per heavy atom. The van der Waals surface area contributed by atoms with Crippen molar-refractivity contribution in [3.8, 4) is 0 Å². The number of alkyl halides is 3. The molecule has 12 heavy (non-hydrogen) atoms. The summed E-state index contributed by atoms with van der Waals surface area (Å²) < 4.78 is 36.6. The van der Waals surface area contributed by atoms with Gasteiger partial charge in [-0.25, -0.2) is 0 Å². The normalized spacial score (nSPS) is 12.1. The van der Waals surface area contributed by atoms with Gasteiger partial charge in [0.2, 0.25) is 0 Å². The fourth-order valence-electron chi connectivity index (χ4n) is 0.638. The van der Waals surface area contributed by atoms with E-state index in [4.69, 9.17) is 11.6 Å². The Morgan fingerprint density at radius 1 is 1.58 bits per heavy atom. The highest BCUT2D eigenvalue weighted by atomic mass is 127. The predicted molar refractivity (Wildman–Crippen MR) is 46.0 cm³/mol. The molecule has 1 rings (SSSR count). The van der Waals surface area contributed by atoms with Crippen LogP contribution in [0.3, 0.4) is 0 Å². The molecule has 0 aromatic carbocycles. The maximum Gasteiger partial charge on any atom is 0.408 e. The van der Waals surface area contributed by atoms with Crippen LogP contribution in [0.15, 0.2) is 6.20 Å². The summed E-state index contributed by atoms with van der Waals surface area (Å²) in [5, 5.41) is 3.55. The van der Waals surface area contributed by atoms with Crippen LogP contribution in [0.25, 0.3) is 0 Å². The monoisotopic (exact) mass is 310 g/mol. The zero-order valence-corrected chi connectivity index (χ0v) is 8.48. The standard InChI is InChI=1S/C5H3ClF3IN2/c6-4-3(10)1-12(11-4)2-5(7,8)9/h1H,2H2. The minimum absolute atomic E-state index is 0.0971. The van der Waals surface area contributed by atoms with Crippen LogP contribution in [0.2, 0.25) is 5.15 Å². The van der Waals surface area contributed by atoms with E-state index in [1.54, 1.807) is 0 Å². The largest absolute Gasteiger partial charge is 0.408 e. The van der Waals surface area contributed by atoms with Gasteiger partial charge in [-0.3, -0.25) is 4.68 Å². The molecular weight excluding hydrogens is 307 g/mol. The molecule has 68 valence electrons. The molecule has 1 aromatic rings. The first-order valence-corrected chi connectivity index (χ1v) is 4.29. The molecule has 0 spiro atoms. The number of halogens is 5. The second kappa shape index (κ2) is 3.41. The zero-order chi connectivity index (χ0) is 9.35. The Bertz CT molecular complexity index is 263. The van der Waals surface area contributed by atoms with Crippen molar-refractivity contribution in [2.45, 2.75) is 12.7 Å². The zero-order valence-electron chi connectivity index (χ0n) is 5.57. The molecule has 0 saturated carbocycles. The highest BCUT2D eigenvalue weighted by Gasteiger charge is 2.28. The summed E-state index contributed by atoms with van der Waals surface area (Å²) in [5.41, 5.74) is 0. The lowest BCUT2D eigenvalue weighted by Crippen LogP contribution is -2.17. The summed E-state index contributed by atoms with van der Waals surface area (Å²) in [4.78, 5) is 0. The lowest BCUT2D eigenvalue weighted by Gasteiger charge is -2.04. The molecular formula is C5H3ClF3IN2. The number of rotatable bonds is 1. The summed E-state index contributed by atoms with van der Waals surface area (Å²) in [6.07, 6.45) is -3.01. The van der Waals surface area contributed by atoms with Crippen molar-refractivity contribution in [1.29, 1.82) is 0 Å². The van der Waals surface area contributed by atoms with E-state index in [2.05, 4.69) is 5.10 Å². The van der Waals surface area contributed by atoms with E-state index in [0.29, 0.717) is 3.57 Å². The van der Waals surface area contributed by atoms with Gasteiger partial charge in [-0.05, 0) is 22.6 Å². The van der Waals surface area contributed by atoms with Gasteiger partial charge in [0.15, 0.2) is 5.15 Å². The van der Waals surface area contributed by atoms with E-state index < -0.39 is 12.7 Å². The third-order valence-corrected chi connectivity index (χ3v) is 2.40. The number of hydrogen-bond acceptors (Lipinski definition) is 1. The van der Waals surface area contributed by atoms with Gasteiger partial charge in [0.1, 0.15) is 6.54 Å². The summed E-state index contributed by atoms with van der Waals surface area (Å²) in [7, 11) is 0. The van der Waals surface area contributed by atoms with Gasteiger partial charge in [0, 0.05) is 6.20 Å². The SMILES string of the molecule is FC(F)(F)Cn1cc(I)c(Cl)n1. The van der Waals surface area contributed by atoms with E-state index in [1.165, 1.54) is 6.20 Å². The third-order valence-electron chi connectivity index (χ3n) is 1.02. The van der Waals surface area contributed by atoms with Crippen molar-refractivity contribution in [2.24, 2.45) is 0 Å². The summed E-state index contributed by atoms with van der Waals surface area (Å²) >= 11 is 7.27. The molecule has 0 radical (unpaired) electrons. The van der Waals surface area contributed by atoms with Gasteiger partial charge in [-0.2, -0.15) is 18.3 Å². The van der Waals surface area contributed by atoms with E-state index in [-0.39, 0.29) is 5.15 Å². The van der Waals surface area contributed by atoms with Crippen LogP contribution in [0.4, 0.5) is 13.2 Å². The Morgan fingerprint density at radius 3 is 2.50 bits per heavy atom. The van der Waals surface area contributed by atoms with Crippen molar-refractivity contribution in [3.63, 3.8) is 0 Å². The minimum Gasteiger partial charge on any atom is -0.261 e. The van der Waals surface area contributed by atoms with Gasteiger partial charge in [0.05, 0.1) is 3.57 Å². The van der Waals surface area contributed by atoms with Crippen molar-refractivity contribution in [1.82, 2.24) is 9.78 Å². The first-order valence-electron chi connectivity index (χ1n) is 2.84. The average molecular weight is 310 g/mol. The molecule has 1 heterocycles. The van der Waals surface area contributed by atoms with Crippen molar-refractivity contribution in [2.75, 3.05) is 0 Å². The van der Waals surface area contributed by atoms with Crippen LogP contribution in [-0.4, -0.2) is 16.0 Å². The van der Waals surface area contributed by atoms with Crippen LogP contribution in [0.1, 0.15) is 0 Å². The van der Waals surface area contributed by atoms with Gasteiger partial charge >= 0.3 is 6.18 Å². The predicted octanol–water partition coefficient (Wildman–Crippen LogP) is 2.70. The quantitative estimate of drug-likeness (QED) is 0.729. The lowest BCUT2D eigenvalue weighted by molar-refractivity contribution is -0.142. The molecule has 0 aliphatic carbocycles. The van der Waals surface area contributed by atoms with Crippen molar-refractivity contribution in [3.05, 3.63) is 14.9 Å². The van der Waals surface area contributed by atoms with Crippen LogP contribution < -0.4 is 0 Å². The average Bonchev–Trinajstić information content (AvgIpc) is 2.07. The fraction of sp³-hybridized carbons (Fsp3) is 0.400. The lowest BCUT2D eigenvalue weighted by atomic mass is 10.6. The Labute approximate surface area is 84.8 Å². The molecule has 0 amide bonds. The Balaban J connectivity index is 2.77.